The Balaban J connectivity index is 2.11. The topological polar surface area (TPSA) is 43.8 Å². The van der Waals surface area contributed by atoms with Crippen LogP contribution in [0.15, 0.2) is 24.3 Å². The van der Waals surface area contributed by atoms with Crippen LogP contribution in [0.1, 0.15) is 25.0 Å². The lowest BCUT2D eigenvalue weighted by atomic mass is 9.93. The van der Waals surface area contributed by atoms with E-state index in [2.05, 4.69) is 5.10 Å². The molecule has 0 aliphatic heterocycles. The van der Waals surface area contributed by atoms with Gasteiger partial charge in [-0.2, -0.15) is 5.10 Å². The minimum atomic E-state index is -2.58. The number of nitrogens with zero attached hydrogens (tertiary/aromatic N) is 2. The molecule has 0 atom stereocenters. The number of fused-ring (bicyclic) bond motifs is 1. The SMILES string of the molecule is Cn1nc(C2=CCC(F)(F)CC2)c2cc(N)ccc21. The highest BCUT2D eigenvalue weighted by Gasteiger charge is 2.32. The minimum Gasteiger partial charge on any atom is -0.399 e. The zero-order valence-electron chi connectivity index (χ0n) is 10.7. The molecule has 2 N–H and O–H groups in total. The summed E-state index contributed by atoms with van der Waals surface area (Å²) in [4.78, 5) is 0. The van der Waals surface area contributed by atoms with Crippen molar-refractivity contribution in [3.05, 3.63) is 30.0 Å². The second kappa shape index (κ2) is 4.05. The Morgan fingerprint density at radius 2 is 2.16 bits per heavy atom. The fourth-order valence-electron chi connectivity index (χ4n) is 2.53. The van der Waals surface area contributed by atoms with Gasteiger partial charge in [0.15, 0.2) is 0 Å². The molecule has 3 rings (SSSR count). The standard InChI is InChI=1S/C14H15F2N3/c1-19-12-3-2-10(17)8-11(12)13(18-19)9-4-6-14(15,16)7-5-9/h2-4,8H,5-7,17H2,1H3. The summed E-state index contributed by atoms with van der Waals surface area (Å²) in [5, 5.41) is 5.38. The van der Waals surface area contributed by atoms with E-state index in [1.54, 1.807) is 10.8 Å². The largest absolute Gasteiger partial charge is 0.399 e. The predicted octanol–water partition coefficient (Wildman–Crippen LogP) is 3.36. The van der Waals surface area contributed by atoms with Crippen LogP contribution < -0.4 is 5.73 Å². The number of rotatable bonds is 1. The highest BCUT2D eigenvalue weighted by molar-refractivity contribution is 5.92. The maximum atomic E-state index is 13.2. The summed E-state index contributed by atoms with van der Waals surface area (Å²) in [6.45, 7) is 0. The summed E-state index contributed by atoms with van der Waals surface area (Å²) in [5.41, 5.74) is 9.08. The number of halogens is 2. The molecular formula is C14H15F2N3. The second-order valence-electron chi connectivity index (χ2n) is 5.04. The lowest BCUT2D eigenvalue weighted by molar-refractivity contribution is -0.00604. The Hall–Kier alpha value is -1.91. The van der Waals surface area contributed by atoms with Crippen molar-refractivity contribution >= 4 is 22.2 Å². The molecule has 19 heavy (non-hydrogen) atoms. The first-order valence-electron chi connectivity index (χ1n) is 6.26. The normalized spacial score (nSPS) is 18.6. The number of aryl methyl sites for hydroxylation is 1. The Morgan fingerprint density at radius 3 is 2.84 bits per heavy atom. The number of nitrogen functional groups attached to an aromatic ring is 1. The summed E-state index contributed by atoms with van der Waals surface area (Å²) < 4.78 is 28.1. The molecule has 0 radical (unpaired) electrons. The first-order chi connectivity index (χ1) is 8.96. The summed E-state index contributed by atoms with van der Waals surface area (Å²) in [6, 6.07) is 5.57. The monoisotopic (exact) mass is 263 g/mol. The Kier molecular flexibility index (Phi) is 2.59. The lowest BCUT2D eigenvalue weighted by Crippen LogP contribution is -2.18. The summed E-state index contributed by atoms with van der Waals surface area (Å²) in [5.74, 6) is -2.58. The van der Waals surface area contributed by atoms with Gasteiger partial charge in [0.05, 0.1) is 11.2 Å². The zero-order valence-corrected chi connectivity index (χ0v) is 10.7. The summed E-state index contributed by atoms with van der Waals surface area (Å²) in [7, 11) is 1.85. The molecular weight excluding hydrogens is 248 g/mol. The van der Waals surface area contributed by atoms with Crippen LogP contribution in [-0.4, -0.2) is 15.7 Å². The smallest absolute Gasteiger partial charge is 0.251 e. The van der Waals surface area contributed by atoms with Crippen molar-refractivity contribution < 1.29 is 8.78 Å². The highest BCUT2D eigenvalue weighted by atomic mass is 19.3. The third kappa shape index (κ3) is 2.09. The number of benzene rings is 1. The third-order valence-electron chi connectivity index (χ3n) is 3.59. The van der Waals surface area contributed by atoms with Crippen LogP contribution in [0.4, 0.5) is 14.5 Å². The molecule has 1 aliphatic carbocycles. The van der Waals surface area contributed by atoms with Gasteiger partial charge in [0.25, 0.3) is 5.92 Å². The quantitative estimate of drug-likeness (QED) is 0.802. The van der Waals surface area contributed by atoms with Gasteiger partial charge < -0.3 is 5.73 Å². The van der Waals surface area contributed by atoms with Crippen molar-refractivity contribution in [1.82, 2.24) is 9.78 Å². The molecule has 3 nitrogen and oxygen atoms in total. The van der Waals surface area contributed by atoms with Gasteiger partial charge in [-0.05, 0) is 30.2 Å². The molecule has 0 spiro atoms. The van der Waals surface area contributed by atoms with Crippen LogP contribution in [0.5, 0.6) is 0 Å². The molecule has 0 bridgehead atoms. The second-order valence-corrected chi connectivity index (χ2v) is 5.04. The predicted molar refractivity (Wildman–Crippen MR) is 71.9 cm³/mol. The van der Waals surface area contributed by atoms with Crippen LogP contribution in [0.25, 0.3) is 16.5 Å². The van der Waals surface area contributed by atoms with Gasteiger partial charge in [0.2, 0.25) is 0 Å². The van der Waals surface area contributed by atoms with Gasteiger partial charge in [0.1, 0.15) is 0 Å². The van der Waals surface area contributed by atoms with Crippen molar-refractivity contribution in [3.8, 4) is 0 Å². The molecule has 2 aromatic rings. The van der Waals surface area contributed by atoms with E-state index in [-0.39, 0.29) is 12.8 Å². The van der Waals surface area contributed by atoms with Crippen LogP contribution in [-0.2, 0) is 7.05 Å². The molecule has 1 aromatic heterocycles. The van der Waals surface area contributed by atoms with E-state index < -0.39 is 5.92 Å². The van der Waals surface area contributed by atoms with Gasteiger partial charge in [-0.3, -0.25) is 4.68 Å². The molecule has 1 aromatic carbocycles. The molecule has 0 unspecified atom stereocenters. The third-order valence-corrected chi connectivity index (χ3v) is 3.59. The van der Waals surface area contributed by atoms with E-state index in [0.717, 1.165) is 22.2 Å². The Labute approximate surface area is 109 Å². The highest BCUT2D eigenvalue weighted by Crippen LogP contribution is 2.38. The van der Waals surface area contributed by atoms with E-state index >= 15 is 0 Å². The van der Waals surface area contributed by atoms with Gasteiger partial charge in [-0.15, -0.1) is 0 Å². The number of allylic oxidation sites excluding steroid dienone is 2. The maximum Gasteiger partial charge on any atom is 0.251 e. The maximum absolute atomic E-state index is 13.2. The van der Waals surface area contributed by atoms with Crippen LogP contribution in [0.2, 0.25) is 0 Å². The van der Waals surface area contributed by atoms with Gasteiger partial charge >= 0.3 is 0 Å². The zero-order chi connectivity index (χ0) is 13.6. The van der Waals surface area contributed by atoms with Crippen molar-refractivity contribution in [2.24, 2.45) is 7.05 Å². The molecule has 0 amide bonds. The number of nitrogens with two attached hydrogens (primary N) is 1. The Bertz CT molecular complexity index is 671. The first kappa shape index (κ1) is 12.1. The van der Waals surface area contributed by atoms with Crippen molar-refractivity contribution in [2.75, 3.05) is 5.73 Å². The number of hydrogen-bond donors (Lipinski definition) is 1. The first-order valence-corrected chi connectivity index (χ1v) is 6.26. The van der Waals surface area contributed by atoms with E-state index in [9.17, 15) is 8.78 Å². The van der Waals surface area contributed by atoms with E-state index in [0.29, 0.717) is 12.1 Å². The number of aromatic nitrogens is 2. The molecule has 1 aliphatic rings. The van der Waals surface area contributed by atoms with Gasteiger partial charge in [-0.25, -0.2) is 8.78 Å². The molecule has 100 valence electrons. The van der Waals surface area contributed by atoms with Gasteiger partial charge in [-0.1, -0.05) is 6.08 Å². The molecule has 0 saturated heterocycles. The molecule has 1 heterocycles. The number of hydrogen-bond acceptors (Lipinski definition) is 2. The van der Waals surface area contributed by atoms with Crippen LogP contribution in [0.3, 0.4) is 0 Å². The molecule has 0 fully saturated rings. The summed E-state index contributed by atoms with van der Waals surface area (Å²) >= 11 is 0. The minimum absolute atomic E-state index is 0.112. The average molecular weight is 263 g/mol. The van der Waals surface area contributed by atoms with E-state index in [1.165, 1.54) is 0 Å². The van der Waals surface area contributed by atoms with Crippen molar-refractivity contribution in [1.29, 1.82) is 0 Å². The van der Waals surface area contributed by atoms with Crippen molar-refractivity contribution in [3.63, 3.8) is 0 Å². The van der Waals surface area contributed by atoms with Crippen molar-refractivity contribution in [2.45, 2.75) is 25.2 Å². The van der Waals surface area contributed by atoms with Crippen LogP contribution in [0, 0.1) is 0 Å². The van der Waals surface area contributed by atoms with E-state index in [4.69, 9.17) is 5.73 Å². The fourth-order valence-corrected chi connectivity index (χ4v) is 2.53. The molecule has 0 saturated carbocycles. The Morgan fingerprint density at radius 1 is 1.37 bits per heavy atom. The fraction of sp³-hybridized carbons (Fsp3) is 0.357. The lowest BCUT2D eigenvalue weighted by Gasteiger charge is -2.20. The average Bonchev–Trinajstić information content (AvgIpc) is 2.66. The van der Waals surface area contributed by atoms with Crippen LogP contribution >= 0.6 is 0 Å². The summed E-state index contributed by atoms with van der Waals surface area (Å²) in [6.07, 6.45) is 1.64. The number of alkyl halides is 2. The van der Waals surface area contributed by atoms with Gasteiger partial charge in [0, 0.05) is 31.0 Å². The van der Waals surface area contributed by atoms with E-state index in [1.807, 2.05) is 25.2 Å². The molecule has 5 heteroatoms. The number of anilines is 1.